The Balaban J connectivity index is 0.000000695. The SMILES string of the molecule is C=C(O)CS.O=C(c1cccs1)N(CCCc1ccccc1)CCC(c1ccccc1)c1ccccc1. The second kappa shape index (κ2) is 15.7. The minimum atomic E-state index is 0.119. The predicted octanol–water partition coefficient (Wildman–Crippen LogP) is 8.03. The number of nitrogens with zero attached hydrogens (tertiary/aromatic N) is 1. The molecule has 0 saturated carbocycles. The zero-order valence-corrected chi connectivity index (χ0v) is 22.8. The van der Waals surface area contributed by atoms with Crippen LogP contribution in [0, 0.1) is 0 Å². The molecule has 0 aliphatic rings. The molecule has 0 aliphatic heterocycles. The summed E-state index contributed by atoms with van der Waals surface area (Å²) in [6.07, 6.45) is 2.84. The molecule has 4 rings (SSSR count). The first-order valence-electron chi connectivity index (χ1n) is 12.5. The van der Waals surface area contributed by atoms with Crippen molar-refractivity contribution in [3.05, 3.63) is 142 Å². The van der Waals surface area contributed by atoms with E-state index in [-0.39, 0.29) is 17.6 Å². The van der Waals surface area contributed by atoms with Crippen molar-refractivity contribution in [2.24, 2.45) is 0 Å². The van der Waals surface area contributed by atoms with Gasteiger partial charge in [-0.25, -0.2) is 0 Å². The molecule has 3 nitrogen and oxygen atoms in total. The Morgan fingerprint density at radius 1 is 0.838 bits per heavy atom. The highest BCUT2D eigenvalue weighted by molar-refractivity contribution is 7.80. The number of thiophene rings is 1. The Morgan fingerprint density at radius 2 is 1.38 bits per heavy atom. The van der Waals surface area contributed by atoms with Crippen LogP contribution in [0.5, 0.6) is 0 Å². The first kappa shape index (κ1) is 28.3. The van der Waals surface area contributed by atoms with Gasteiger partial charge in [-0.05, 0) is 47.4 Å². The van der Waals surface area contributed by atoms with Gasteiger partial charge in [-0.2, -0.15) is 12.6 Å². The Labute approximate surface area is 230 Å². The molecule has 1 N–H and O–H groups in total. The van der Waals surface area contributed by atoms with Crippen molar-refractivity contribution in [3.8, 4) is 0 Å². The van der Waals surface area contributed by atoms with Crippen LogP contribution in [0.1, 0.15) is 45.1 Å². The Hall–Kier alpha value is -3.28. The average molecular weight is 530 g/mol. The number of rotatable bonds is 11. The Kier molecular flexibility index (Phi) is 12.0. The van der Waals surface area contributed by atoms with Crippen LogP contribution in [-0.4, -0.2) is 34.8 Å². The molecule has 0 radical (unpaired) electrons. The maximum Gasteiger partial charge on any atom is 0.263 e. The lowest BCUT2D eigenvalue weighted by Gasteiger charge is -2.26. The first-order chi connectivity index (χ1) is 18.1. The number of thiol groups is 1. The van der Waals surface area contributed by atoms with Gasteiger partial charge in [0.2, 0.25) is 0 Å². The fraction of sp³-hybridized carbons (Fsp3) is 0.219. The van der Waals surface area contributed by atoms with Gasteiger partial charge in [0.1, 0.15) is 0 Å². The van der Waals surface area contributed by atoms with Crippen molar-refractivity contribution >= 4 is 29.9 Å². The van der Waals surface area contributed by atoms with E-state index in [1.165, 1.54) is 28.0 Å². The summed E-state index contributed by atoms with van der Waals surface area (Å²) in [5.74, 6) is 0.895. The lowest BCUT2D eigenvalue weighted by molar-refractivity contribution is 0.0754. The highest BCUT2D eigenvalue weighted by atomic mass is 32.1. The van der Waals surface area contributed by atoms with Gasteiger partial charge in [0.05, 0.1) is 10.6 Å². The van der Waals surface area contributed by atoms with Crippen molar-refractivity contribution in [2.75, 3.05) is 18.8 Å². The number of amides is 1. The molecule has 192 valence electrons. The molecule has 0 saturated heterocycles. The Bertz CT molecular complexity index is 1140. The summed E-state index contributed by atoms with van der Waals surface area (Å²) in [5.41, 5.74) is 3.92. The standard InChI is InChI=1S/C29H29NOS.C3H6OS/c31-29(28-19-11-23-32-28)30(21-10-14-24-12-4-1-5-13-24)22-20-27(25-15-6-2-7-16-25)26-17-8-3-9-18-26;1-3(4)2-5/h1-9,11-13,15-19,23,27H,10,14,20-22H2;4-5H,1-2H2. The van der Waals surface area contributed by atoms with Crippen LogP contribution in [0.15, 0.2) is 121 Å². The molecule has 0 atom stereocenters. The third kappa shape index (κ3) is 9.60. The minimum Gasteiger partial charge on any atom is -0.512 e. The highest BCUT2D eigenvalue weighted by Crippen LogP contribution is 2.28. The molecule has 0 bridgehead atoms. The number of carbonyl (C=O) groups excluding carboxylic acids is 1. The molecule has 0 fully saturated rings. The molecule has 1 amide bonds. The molecule has 4 aromatic rings. The number of benzene rings is 3. The van der Waals surface area contributed by atoms with Gasteiger partial charge in [-0.3, -0.25) is 4.79 Å². The van der Waals surface area contributed by atoms with Crippen LogP contribution in [0.25, 0.3) is 0 Å². The minimum absolute atomic E-state index is 0.119. The maximum atomic E-state index is 13.3. The van der Waals surface area contributed by atoms with E-state index in [1.54, 1.807) is 0 Å². The zero-order valence-electron chi connectivity index (χ0n) is 21.1. The molecule has 5 heteroatoms. The summed E-state index contributed by atoms with van der Waals surface area (Å²) >= 11 is 5.19. The number of hydrogen-bond acceptors (Lipinski definition) is 4. The molecule has 3 aromatic carbocycles. The second-order valence-electron chi connectivity index (χ2n) is 8.75. The van der Waals surface area contributed by atoms with Crippen molar-refractivity contribution in [1.82, 2.24) is 4.90 Å². The van der Waals surface area contributed by atoms with E-state index < -0.39 is 0 Å². The third-order valence-corrected chi connectivity index (χ3v) is 7.25. The average Bonchev–Trinajstić information content (AvgIpc) is 3.49. The van der Waals surface area contributed by atoms with E-state index in [4.69, 9.17) is 5.11 Å². The summed E-state index contributed by atoms with van der Waals surface area (Å²) in [7, 11) is 0. The van der Waals surface area contributed by atoms with Crippen molar-refractivity contribution < 1.29 is 9.90 Å². The maximum absolute atomic E-state index is 13.3. The smallest absolute Gasteiger partial charge is 0.263 e. The van der Waals surface area contributed by atoms with Crippen LogP contribution in [0.3, 0.4) is 0 Å². The fourth-order valence-electron chi connectivity index (χ4n) is 4.17. The van der Waals surface area contributed by atoms with Gasteiger partial charge in [-0.1, -0.05) is 104 Å². The van der Waals surface area contributed by atoms with Crippen LogP contribution in [-0.2, 0) is 6.42 Å². The highest BCUT2D eigenvalue weighted by Gasteiger charge is 2.20. The zero-order chi connectivity index (χ0) is 26.3. The second-order valence-corrected chi connectivity index (χ2v) is 10.0. The van der Waals surface area contributed by atoms with Crippen LogP contribution < -0.4 is 0 Å². The van der Waals surface area contributed by atoms with Crippen LogP contribution in [0.4, 0.5) is 0 Å². The lowest BCUT2D eigenvalue weighted by Crippen LogP contribution is -2.33. The van der Waals surface area contributed by atoms with Gasteiger partial charge in [0, 0.05) is 24.8 Å². The molecular formula is C32H35NO2S2. The molecular weight excluding hydrogens is 494 g/mol. The van der Waals surface area contributed by atoms with Crippen molar-refractivity contribution in [1.29, 1.82) is 0 Å². The number of carbonyl (C=O) groups is 1. The van der Waals surface area contributed by atoms with E-state index in [0.29, 0.717) is 5.75 Å². The number of aryl methyl sites for hydroxylation is 1. The lowest BCUT2D eigenvalue weighted by atomic mass is 9.88. The van der Waals surface area contributed by atoms with Crippen LogP contribution in [0.2, 0.25) is 0 Å². The number of aliphatic hydroxyl groups is 1. The number of aliphatic hydroxyl groups excluding tert-OH is 1. The fourth-order valence-corrected chi connectivity index (χ4v) is 4.86. The third-order valence-electron chi connectivity index (χ3n) is 6.03. The van der Waals surface area contributed by atoms with E-state index >= 15 is 0 Å². The molecule has 1 aromatic heterocycles. The normalized spacial score (nSPS) is 10.4. The molecule has 0 unspecified atom stereocenters. The van der Waals surface area contributed by atoms with E-state index in [2.05, 4.69) is 104 Å². The van der Waals surface area contributed by atoms with Gasteiger partial charge < -0.3 is 10.0 Å². The molecule has 1 heterocycles. The monoisotopic (exact) mass is 529 g/mol. The molecule has 0 spiro atoms. The van der Waals surface area contributed by atoms with Gasteiger partial charge in [0.15, 0.2) is 0 Å². The van der Waals surface area contributed by atoms with Gasteiger partial charge in [-0.15, -0.1) is 11.3 Å². The van der Waals surface area contributed by atoms with Crippen molar-refractivity contribution in [3.63, 3.8) is 0 Å². The van der Waals surface area contributed by atoms with E-state index in [1.807, 2.05) is 28.5 Å². The van der Waals surface area contributed by atoms with Gasteiger partial charge >= 0.3 is 0 Å². The topological polar surface area (TPSA) is 40.5 Å². The summed E-state index contributed by atoms with van der Waals surface area (Å²) in [6.45, 7) is 4.65. The first-order valence-corrected chi connectivity index (χ1v) is 14.0. The Morgan fingerprint density at radius 3 is 1.86 bits per heavy atom. The largest absolute Gasteiger partial charge is 0.512 e. The summed E-state index contributed by atoms with van der Waals surface area (Å²) in [5, 5.41) is 10.1. The summed E-state index contributed by atoms with van der Waals surface area (Å²) < 4.78 is 0. The van der Waals surface area contributed by atoms with E-state index in [0.717, 1.165) is 37.2 Å². The van der Waals surface area contributed by atoms with E-state index in [9.17, 15) is 4.79 Å². The van der Waals surface area contributed by atoms with Gasteiger partial charge in [0.25, 0.3) is 5.91 Å². The summed E-state index contributed by atoms with van der Waals surface area (Å²) in [6, 6.07) is 35.7. The number of hydrogen-bond donors (Lipinski definition) is 2. The quantitative estimate of drug-likeness (QED) is 0.152. The van der Waals surface area contributed by atoms with Crippen LogP contribution >= 0.6 is 24.0 Å². The molecule has 37 heavy (non-hydrogen) atoms. The van der Waals surface area contributed by atoms with Crippen molar-refractivity contribution in [2.45, 2.75) is 25.2 Å². The summed E-state index contributed by atoms with van der Waals surface area (Å²) in [4.78, 5) is 16.1. The molecule has 0 aliphatic carbocycles. The predicted molar refractivity (Wildman–Crippen MR) is 160 cm³/mol.